The van der Waals surface area contributed by atoms with Gasteiger partial charge < -0.3 is 16.0 Å². The zero-order chi connectivity index (χ0) is 13.7. The van der Waals surface area contributed by atoms with E-state index in [4.69, 9.17) is 0 Å². The molecule has 0 radical (unpaired) electrons. The Labute approximate surface area is 112 Å². The predicted molar refractivity (Wildman–Crippen MR) is 74.2 cm³/mol. The van der Waals surface area contributed by atoms with Crippen LogP contribution in [0.3, 0.4) is 0 Å². The summed E-state index contributed by atoms with van der Waals surface area (Å²) in [6.45, 7) is 0. The first-order valence-electron chi connectivity index (χ1n) is 6.58. The van der Waals surface area contributed by atoms with Gasteiger partial charge in [0, 0.05) is 24.3 Å². The van der Waals surface area contributed by atoms with E-state index < -0.39 is 0 Å². The van der Waals surface area contributed by atoms with Crippen molar-refractivity contribution in [3.05, 3.63) is 29.8 Å². The van der Waals surface area contributed by atoms with Gasteiger partial charge in [0.1, 0.15) is 0 Å². The number of nitrogens with one attached hydrogen (secondary N) is 3. The summed E-state index contributed by atoms with van der Waals surface area (Å²) in [5.74, 6) is -0.167. The molecule has 1 aromatic carbocycles. The van der Waals surface area contributed by atoms with Crippen molar-refractivity contribution < 1.29 is 9.59 Å². The topological polar surface area (TPSA) is 70.2 Å². The quantitative estimate of drug-likeness (QED) is 0.780. The molecule has 3 N–H and O–H groups in total. The number of hydrogen-bond donors (Lipinski definition) is 3. The molecule has 5 heteroatoms. The fourth-order valence-electron chi connectivity index (χ4n) is 2.31. The fraction of sp³-hybridized carbons (Fsp3) is 0.429. The third-order valence-corrected chi connectivity index (χ3v) is 3.30. The van der Waals surface area contributed by atoms with Crippen LogP contribution in [0.15, 0.2) is 24.3 Å². The van der Waals surface area contributed by atoms with Crippen molar-refractivity contribution in [1.82, 2.24) is 10.6 Å². The van der Waals surface area contributed by atoms with Gasteiger partial charge in [-0.05, 0) is 31.0 Å². The first-order chi connectivity index (χ1) is 9.19. The molecule has 0 saturated heterocycles. The molecule has 0 bridgehead atoms. The van der Waals surface area contributed by atoms with Gasteiger partial charge in [0.2, 0.25) is 0 Å². The first kappa shape index (κ1) is 13.4. The number of amides is 3. The van der Waals surface area contributed by atoms with Crippen LogP contribution in [-0.4, -0.2) is 25.0 Å². The Hall–Kier alpha value is -2.04. The Morgan fingerprint density at radius 3 is 2.63 bits per heavy atom. The molecule has 0 heterocycles. The Kier molecular flexibility index (Phi) is 4.39. The van der Waals surface area contributed by atoms with Crippen molar-refractivity contribution in [1.29, 1.82) is 0 Å². The number of carbonyl (C=O) groups excluding carboxylic acids is 2. The molecular formula is C14H19N3O2. The first-order valence-corrected chi connectivity index (χ1v) is 6.58. The lowest BCUT2D eigenvalue weighted by molar-refractivity contribution is 0.0963. The second-order valence-electron chi connectivity index (χ2n) is 4.74. The molecular weight excluding hydrogens is 242 g/mol. The van der Waals surface area contributed by atoms with Gasteiger partial charge in [-0.2, -0.15) is 0 Å². The van der Waals surface area contributed by atoms with Crippen molar-refractivity contribution in [2.75, 3.05) is 12.4 Å². The van der Waals surface area contributed by atoms with E-state index in [1.54, 1.807) is 31.3 Å². The summed E-state index contributed by atoms with van der Waals surface area (Å²) in [6, 6.07) is 6.95. The van der Waals surface area contributed by atoms with Crippen LogP contribution < -0.4 is 16.0 Å². The van der Waals surface area contributed by atoms with Gasteiger partial charge in [0.05, 0.1) is 0 Å². The molecule has 19 heavy (non-hydrogen) atoms. The average Bonchev–Trinajstić information content (AvgIpc) is 2.90. The van der Waals surface area contributed by atoms with Gasteiger partial charge >= 0.3 is 6.03 Å². The molecule has 1 saturated carbocycles. The summed E-state index contributed by atoms with van der Waals surface area (Å²) in [5.41, 5.74) is 1.15. The van der Waals surface area contributed by atoms with Crippen LogP contribution in [0.5, 0.6) is 0 Å². The predicted octanol–water partition coefficient (Wildman–Crippen LogP) is 2.11. The number of rotatable bonds is 3. The minimum Gasteiger partial charge on any atom is -0.355 e. The molecule has 0 atom stereocenters. The van der Waals surface area contributed by atoms with Gasteiger partial charge in [0.25, 0.3) is 5.91 Å². The number of hydrogen-bond acceptors (Lipinski definition) is 2. The molecule has 3 amide bonds. The Bertz CT molecular complexity index is 468. The highest BCUT2D eigenvalue weighted by Gasteiger charge is 2.17. The summed E-state index contributed by atoms with van der Waals surface area (Å²) in [5, 5.41) is 8.25. The van der Waals surface area contributed by atoms with Crippen molar-refractivity contribution in [3.8, 4) is 0 Å². The van der Waals surface area contributed by atoms with E-state index in [1.165, 1.54) is 12.8 Å². The van der Waals surface area contributed by atoms with E-state index in [1.807, 2.05) is 0 Å². The zero-order valence-corrected chi connectivity index (χ0v) is 11.0. The minimum absolute atomic E-state index is 0.167. The summed E-state index contributed by atoms with van der Waals surface area (Å²) >= 11 is 0. The number of carbonyl (C=O) groups is 2. The smallest absolute Gasteiger partial charge is 0.319 e. The summed E-state index contributed by atoms with van der Waals surface area (Å²) in [4.78, 5) is 23.3. The fourth-order valence-corrected chi connectivity index (χ4v) is 2.31. The lowest BCUT2D eigenvalue weighted by atomic mass is 10.2. The van der Waals surface area contributed by atoms with Crippen molar-refractivity contribution in [2.24, 2.45) is 0 Å². The molecule has 1 fully saturated rings. The molecule has 1 aromatic rings. The SMILES string of the molecule is CNC(=O)c1cccc(NC(=O)NC2CCCC2)c1. The van der Waals surface area contributed by atoms with Gasteiger partial charge in [-0.1, -0.05) is 18.9 Å². The summed E-state index contributed by atoms with van der Waals surface area (Å²) in [6.07, 6.45) is 4.45. The maximum Gasteiger partial charge on any atom is 0.319 e. The van der Waals surface area contributed by atoms with Crippen LogP contribution in [0.4, 0.5) is 10.5 Å². The average molecular weight is 261 g/mol. The molecule has 0 spiro atoms. The maximum atomic E-state index is 11.8. The van der Waals surface area contributed by atoms with Crippen LogP contribution >= 0.6 is 0 Å². The van der Waals surface area contributed by atoms with E-state index >= 15 is 0 Å². The number of benzene rings is 1. The van der Waals surface area contributed by atoms with Crippen LogP contribution in [0.25, 0.3) is 0 Å². The highest BCUT2D eigenvalue weighted by Crippen LogP contribution is 2.18. The van der Waals surface area contributed by atoms with Crippen LogP contribution in [0.1, 0.15) is 36.0 Å². The van der Waals surface area contributed by atoms with E-state index in [0.29, 0.717) is 11.3 Å². The summed E-state index contributed by atoms with van der Waals surface area (Å²) in [7, 11) is 1.58. The number of urea groups is 1. The van der Waals surface area contributed by atoms with Crippen LogP contribution in [-0.2, 0) is 0 Å². The highest BCUT2D eigenvalue weighted by molar-refractivity contribution is 5.96. The standard InChI is InChI=1S/C14H19N3O2/c1-15-13(18)10-5-4-8-12(9-10)17-14(19)16-11-6-2-3-7-11/h4-5,8-9,11H,2-3,6-7H2,1H3,(H,15,18)(H2,16,17,19). The number of anilines is 1. The molecule has 0 aromatic heterocycles. The maximum absolute atomic E-state index is 11.8. The van der Waals surface area contributed by atoms with Gasteiger partial charge in [-0.25, -0.2) is 4.79 Å². The highest BCUT2D eigenvalue weighted by atomic mass is 16.2. The second kappa shape index (κ2) is 6.22. The van der Waals surface area contributed by atoms with Crippen molar-refractivity contribution in [2.45, 2.75) is 31.7 Å². The monoisotopic (exact) mass is 261 g/mol. The lowest BCUT2D eigenvalue weighted by Crippen LogP contribution is -2.36. The van der Waals surface area contributed by atoms with E-state index in [9.17, 15) is 9.59 Å². The zero-order valence-electron chi connectivity index (χ0n) is 11.0. The van der Waals surface area contributed by atoms with E-state index in [0.717, 1.165) is 12.8 Å². The minimum atomic E-state index is -0.207. The van der Waals surface area contributed by atoms with Crippen LogP contribution in [0.2, 0.25) is 0 Å². The Morgan fingerprint density at radius 2 is 1.95 bits per heavy atom. The van der Waals surface area contributed by atoms with Crippen molar-refractivity contribution in [3.63, 3.8) is 0 Å². The molecule has 1 aliphatic carbocycles. The molecule has 0 aliphatic heterocycles. The van der Waals surface area contributed by atoms with Crippen molar-refractivity contribution >= 4 is 17.6 Å². The molecule has 102 valence electrons. The Balaban J connectivity index is 1.94. The molecule has 2 rings (SSSR count). The van der Waals surface area contributed by atoms with Gasteiger partial charge in [-0.3, -0.25) is 4.79 Å². The van der Waals surface area contributed by atoms with Gasteiger partial charge in [-0.15, -0.1) is 0 Å². The third kappa shape index (κ3) is 3.71. The Morgan fingerprint density at radius 1 is 1.21 bits per heavy atom. The summed E-state index contributed by atoms with van der Waals surface area (Å²) < 4.78 is 0. The van der Waals surface area contributed by atoms with E-state index in [2.05, 4.69) is 16.0 Å². The van der Waals surface area contributed by atoms with Gasteiger partial charge in [0.15, 0.2) is 0 Å². The second-order valence-corrected chi connectivity index (χ2v) is 4.74. The third-order valence-electron chi connectivity index (χ3n) is 3.30. The van der Waals surface area contributed by atoms with E-state index in [-0.39, 0.29) is 18.0 Å². The molecule has 0 unspecified atom stereocenters. The molecule has 5 nitrogen and oxygen atoms in total. The molecule has 1 aliphatic rings. The normalized spacial score (nSPS) is 15.0. The largest absolute Gasteiger partial charge is 0.355 e. The lowest BCUT2D eigenvalue weighted by Gasteiger charge is -2.13. The van der Waals surface area contributed by atoms with Crippen LogP contribution in [0, 0.1) is 0 Å².